The summed E-state index contributed by atoms with van der Waals surface area (Å²) in [4.78, 5) is 0. The molecule has 0 aliphatic carbocycles. The maximum Gasteiger partial charge on any atom is 0.340 e. The Morgan fingerprint density at radius 1 is 1.21 bits per heavy atom. The van der Waals surface area contributed by atoms with Gasteiger partial charge in [0.05, 0.1) is 5.69 Å². The van der Waals surface area contributed by atoms with Gasteiger partial charge in [0.25, 0.3) is 0 Å². The van der Waals surface area contributed by atoms with Gasteiger partial charge in [0, 0.05) is 5.54 Å². The molecule has 102 valence electrons. The molecule has 0 aliphatic heterocycles. The molecular weight excluding hydrogens is 242 g/mol. The number of benzene rings is 1. The summed E-state index contributed by atoms with van der Waals surface area (Å²) < 4.78 is 7.24. The lowest BCUT2D eigenvalue weighted by atomic mass is 9.96. The zero-order valence-electron chi connectivity index (χ0n) is 11.3. The van der Waals surface area contributed by atoms with Crippen LogP contribution in [0.1, 0.15) is 26.7 Å². The van der Waals surface area contributed by atoms with E-state index >= 15 is 0 Å². The quantitative estimate of drug-likeness (QED) is 0.853. The largest absolute Gasteiger partial charge is 0.460 e. The summed E-state index contributed by atoms with van der Waals surface area (Å²) in [5, 5.41) is 11.5. The SMILES string of the molecule is CCC(N)(CC)COc1nnnn1-c1ccccc1. The fourth-order valence-corrected chi connectivity index (χ4v) is 1.66. The van der Waals surface area contributed by atoms with E-state index in [2.05, 4.69) is 15.5 Å². The zero-order chi connectivity index (χ0) is 13.7. The summed E-state index contributed by atoms with van der Waals surface area (Å²) in [6.45, 7) is 4.49. The van der Waals surface area contributed by atoms with Gasteiger partial charge < -0.3 is 10.5 Å². The number of tetrazole rings is 1. The van der Waals surface area contributed by atoms with Crippen LogP contribution < -0.4 is 10.5 Å². The number of nitrogens with two attached hydrogens (primary N) is 1. The minimum atomic E-state index is -0.340. The van der Waals surface area contributed by atoms with Crippen LogP contribution in [-0.4, -0.2) is 32.4 Å². The highest BCUT2D eigenvalue weighted by Gasteiger charge is 2.22. The Labute approximate surface area is 112 Å². The fraction of sp³-hybridized carbons (Fsp3) is 0.462. The molecule has 0 saturated carbocycles. The highest BCUT2D eigenvalue weighted by atomic mass is 16.5. The van der Waals surface area contributed by atoms with Crippen molar-refractivity contribution in [3.8, 4) is 11.7 Å². The smallest absolute Gasteiger partial charge is 0.340 e. The van der Waals surface area contributed by atoms with E-state index in [1.807, 2.05) is 44.2 Å². The molecule has 0 spiro atoms. The van der Waals surface area contributed by atoms with E-state index in [1.54, 1.807) is 4.68 Å². The van der Waals surface area contributed by atoms with Gasteiger partial charge in [-0.05, 0) is 35.4 Å². The Morgan fingerprint density at radius 3 is 2.53 bits per heavy atom. The second-order valence-corrected chi connectivity index (χ2v) is 4.57. The third-order valence-electron chi connectivity index (χ3n) is 3.34. The third kappa shape index (κ3) is 3.08. The van der Waals surface area contributed by atoms with E-state index in [0.29, 0.717) is 12.6 Å². The normalized spacial score (nSPS) is 11.5. The lowest BCUT2D eigenvalue weighted by molar-refractivity contribution is 0.190. The van der Waals surface area contributed by atoms with Crippen LogP contribution in [0.5, 0.6) is 6.01 Å². The number of hydrogen-bond donors (Lipinski definition) is 1. The van der Waals surface area contributed by atoms with Crippen LogP contribution in [0.3, 0.4) is 0 Å². The van der Waals surface area contributed by atoms with Gasteiger partial charge in [-0.3, -0.25) is 0 Å². The van der Waals surface area contributed by atoms with Crippen molar-refractivity contribution < 1.29 is 4.74 Å². The van der Waals surface area contributed by atoms with Crippen LogP contribution in [0.4, 0.5) is 0 Å². The van der Waals surface area contributed by atoms with Crippen molar-refractivity contribution >= 4 is 0 Å². The van der Waals surface area contributed by atoms with Gasteiger partial charge in [-0.1, -0.05) is 37.1 Å². The van der Waals surface area contributed by atoms with Crippen molar-refractivity contribution in [2.24, 2.45) is 5.73 Å². The van der Waals surface area contributed by atoms with E-state index in [0.717, 1.165) is 18.5 Å². The third-order valence-corrected chi connectivity index (χ3v) is 3.34. The van der Waals surface area contributed by atoms with E-state index < -0.39 is 0 Å². The number of hydrogen-bond acceptors (Lipinski definition) is 5. The van der Waals surface area contributed by atoms with Gasteiger partial charge >= 0.3 is 6.01 Å². The average Bonchev–Trinajstić information content (AvgIpc) is 2.94. The van der Waals surface area contributed by atoms with Crippen molar-refractivity contribution in [2.45, 2.75) is 32.2 Å². The predicted octanol–water partition coefficient (Wildman–Crippen LogP) is 1.56. The molecule has 6 nitrogen and oxygen atoms in total. The Hall–Kier alpha value is -1.95. The Kier molecular flexibility index (Phi) is 4.11. The van der Waals surface area contributed by atoms with Gasteiger partial charge in [-0.25, -0.2) is 0 Å². The first kappa shape index (κ1) is 13.5. The first-order valence-corrected chi connectivity index (χ1v) is 6.44. The fourth-order valence-electron chi connectivity index (χ4n) is 1.66. The molecule has 0 amide bonds. The second kappa shape index (κ2) is 5.79. The van der Waals surface area contributed by atoms with Crippen LogP contribution in [0.25, 0.3) is 5.69 Å². The highest BCUT2D eigenvalue weighted by molar-refractivity contribution is 5.31. The van der Waals surface area contributed by atoms with Crippen molar-refractivity contribution in [3.63, 3.8) is 0 Å². The van der Waals surface area contributed by atoms with Crippen LogP contribution in [0.2, 0.25) is 0 Å². The van der Waals surface area contributed by atoms with Crippen molar-refractivity contribution in [1.82, 2.24) is 20.2 Å². The number of rotatable bonds is 6. The van der Waals surface area contributed by atoms with E-state index in [4.69, 9.17) is 10.5 Å². The van der Waals surface area contributed by atoms with Gasteiger partial charge in [-0.15, -0.1) is 0 Å². The molecule has 0 unspecified atom stereocenters. The molecule has 0 radical (unpaired) electrons. The van der Waals surface area contributed by atoms with Crippen LogP contribution >= 0.6 is 0 Å². The molecule has 1 heterocycles. The first-order valence-electron chi connectivity index (χ1n) is 6.44. The molecule has 0 bridgehead atoms. The lowest BCUT2D eigenvalue weighted by Gasteiger charge is -2.25. The van der Waals surface area contributed by atoms with E-state index in [9.17, 15) is 0 Å². The van der Waals surface area contributed by atoms with Gasteiger partial charge in [0.2, 0.25) is 0 Å². The predicted molar refractivity (Wildman–Crippen MR) is 72.1 cm³/mol. The summed E-state index contributed by atoms with van der Waals surface area (Å²) in [6.07, 6.45) is 1.69. The Balaban J connectivity index is 2.13. The molecule has 0 saturated heterocycles. The summed E-state index contributed by atoms with van der Waals surface area (Å²) >= 11 is 0. The molecule has 1 aromatic carbocycles. The van der Waals surface area contributed by atoms with Gasteiger partial charge in [0.1, 0.15) is 6.61 Å². The molecule has 19 heavy (non-hydrogen) atoms. The first-order chi connectivity index (χ1) is 9.18. The Morgan fingerprint density at radius 2 is 1.89 bits per heavy atom. The summed E-state index contributed by atoms with van der Waals surface area (Å²) in [7, 11) is 0. The maximum absolute atomic E-state index is 6.20. The molecule has 1 aromatic heterocycles. The lowest BCUT2D eigenvalue weighted by Crippen LogP contribution is -2.44. The molecular formula is C13H19N5O. The average molecular weight is 261 g/mol. The Bertz CT molecular complexity index is 507. The maximum atomic E-state index is 6.20. The minimum Gasteiger partial charge on any atom is -0.460 e. The summed E-state index contributed by atoms with van der Waals surface area (Å²) in [5.41, 5.74) is 6.72. The van der Waals surface area contributed by atoms with Crippen molar-refractivity contribution in [3.05, 3.63) is 30.3 Å². The van der Waals surface area contributed by atoms with E-state index in [1.165, 1.54) is 0 Å². The number of ether oxygens (including phenoxy) is 1. The molecule has 6 heteroatoms. The molecule has 2 rings (SSSR count). The summed E-state index contributed by atoms with van der Waals surface area (Å²) in [5.74, 6) is 0. The van der Waals surface area contributed by atoms with Gasteiger partial charge in [-0.2, -0.15) is 4.68 Å². The van der Waals surface area contributed by atoms with Crippen molar-refractivity contribution in [1.29, 1.82) is 0 Å². The van der Waals surface area contributed by atoms with Gasteiger partial charge in [0.15, 0.2) is 0 Å². The zero-order valence-corrected chi connectivity index (χ0v) is 11.3. The minimum absolute atomic E-state index is 0.340. The summed E-state index contributed by atoms with van der Waals surface area (Å²) in [6, 6.07) is 9.98. The monoisotopic (exact) mass is 261 g/mol. The van der Waals surface area contributed by atoms with Crippen molar-refractivity contribution in [2.75, 3.05) is 6.61 Å². The topological polar surface area (TPSA) is 78.8 Å². The molecule has 2 N–H and O–H groups in total. The second-order valence-electron chi connectivity index (χ2n) is 4.57. The number of nitrogens with zero attached hydrogens (tertiary/aromatic N) is 4. The van der Waals surface area contributed by atoms with Crippen LogP contribution in [0.15, 0.2) is 30.3 Å². The molecule has 0 fully saturated rings. The van der Waals surface area contributed by atoms with E-state index in [-0.39, 0.29) is 5.54 Å². The molecule has 0 atom stereocenters. The molecule has 0 aliphatic rings. The van der Waals surface area contributed by atoms with Crippen LogP contribution in [0, 0.1) is 0 Å². The highest BCUT2D eigenvalue weighted by Crippen LogP contribution is 2.16. The standard InChI is InChI=1S/C13H19N5O/c1-3-13(14,4-2)10-19-12-15-16-17-18(12)11-8-6-5-7-9-11/h5-9H,3-4,10,14H2,1-2H3. The van der Waals surface area contributed by atoms with Crippen LogP contribution in [-0.2, 0) is 0 Å². The number of aromatic nitrogens is 4. The molecule has 2 aromatic rings. The number of para-hydroxylation sites is 1.